The molecule has 4 heteroatoms. The zero-order valence-electron chi connectivity index (χ0n) is 9.54. The molecule has 1 aromatic heterocycles. The Morgan fingerprint density at radius 3 is 2.65 bits per heavy atom. The Hall–Kier alpha value is -0.510. The molecule has 0 amide bonds. The fourth-order valence-corrected chi connectivity index (χ4v) is 3.47. The number of thiophene rings is 1. The maximum Gasteiger partial charge on any atom is 0.123 e. The van der Waals surface area contributed by atoms with Gasteiger partial charge in [-0.3, -0.25) is 0 Å². The summed E-state index contributed by atoms with van der Waals surface area (Å²) in [4.78, 5) is 1.11. The van der Waals surface area contributed by atoms with Crippen molar-refractivity contribution >= 4 is 38.9 Å². The molecule has 0 aliphatic carbocycles. The highest BCUT2D eigenvalue weighted by Crippen LogP contribution is 2.39. The van der Waals surface area contributed by atoms with Crippen LogP contribution in [-0.4, -0.2) is 7.11 Å². The molecule has 0 bridgehead atoms. The van der Waals surface area contributed by atoms with Crippen LogP contribution in [0, 0.1) is 6.92 Å². The van der Waals surface area contributed by atoms with Crippen molar-refractivity contribution in [3.8, 4) is 5.75 Å². The Labute approximate surface area is 119 Å². The molecule has 0 saturated carbocycles. The Balaban J connectivity index is 2.42. The van der Waals surface area contributed by atoms with Gasteiger partial charge in [0.2, 0.25) is 0 Å². The molecule has 1 nitrogen and oxygen atoms in total. The Morgan fingerprint density at radius 2 is 2.06 bits per heavy atom. The first-order valence-electron chi connectivity index (χ1n) is 5.15. The largest absolute Gasteiger partial charge is 0.496 e. The highest BCUT2D eigenvalue weighted by molar-refractivity contribution is 9.11. The third-order valence-electron chi connectivity index (χ3n) is 2.50. The van der Waals surface area contributed by atoms with Gasteiger partial charge in [-0.25, -0.2) is 0 Å². The van der Waals surface area contributed by atoms with E-state index in [9.17, 15) is 0 Å². The first-order valence-corrected chi connectivity index (χ1v) is 7.20. The van der Waals surface area contributed by atoms with Crippen molar-refractivity contribution in [2.75, 3.05) is 7.11 Å². The number of ether oxygens (including phenoxy) is 1. The van der Waals surface area contributed by atoms with Crippen molar-refractivity contribution in [2.24, 2.45) is 0 Å². The van der Waals surface area contributed by atoms with E-state index in [0.717, 1.165) is 20.0 Å². The van der Waals surface area contributed by atoms with Crippen LogP contribution < -0.4 is 4.74 Å². The summed E-state index contributed by atoms with van der Waals surface area (Å²) in [6.45, 7) is 2.05. The lowest BCUT2D eigenvalue weighted by molar-refractivity contribution is 0.410. The molecule has 1 aromatic carbocycles. The molecule has 1 unspecified atom stereocenters. The van der Waals surface area contributed by atoms with Gasteiger partial charge in [0.05, 0.1) is 16.3 Å². The molecule has 0 spiro atoms. The summed E-state index contributed by atoms with van der Waals surface area (Å²) in [5.74, 6) is 0.833. The van der Waals surface area contributed by atoms with Crippen molar-refractivity contribution in [3.63, 3.8) is 0 Å². The lowest BCUT2D eigenvalue weighted by Crippen LogP contribution is -1.96. The molecule has 0 aliphatic heterocycles. The summed E-state index contributed by atoms with van der Waals surface area (Å²) in [5.41, 5.74) is 2.20. The van der Waals surface area contributed by atoms with E-state index in [2.05, 4.69) is 28.9 Å². The van der Waals surface area contributed by atoms with Crippen LogP contribution in [0.3, 0.4) is 0 Å². The number of halogens is 2. The van der Waals surface area contributed by atoms with Gasteiger partial charge >= 0.3 is 0 Å². The third-order valence-corrected chi connectivity index (χ3v) is 4.79. The number of benzene rings is 1. The number of rotatable bonds is 3. The van der Waals surface area contributed by atoms with Crippen LogP contribution in [0.2, 0.25) is 0 Å². The maximum absolute atomic E-state index is 6.51. The fraction of sp³-hybridized carbons (Fsp3) is 0.231. The summed E-state index contributed by atoms with van der Waals surface area (Å²) >= 11 is 11.6. The second-order valence-corrected chi connectivity index (χ2v) is 6.68. The van der Waals surface area contributed by atoms with Crippen molar-refractivity contribution in [2.45, 2.75) is 12.3 Å². The van der Waals surface area contributed by atoms with E-state index in [1.807, 2.05) is 24.3 Å². The average molecular weight is 332 g/mol. The van der Waals surface area contributed by atoms with Gasteiger partial charge in [-0.05, 0) is 41.1 Å². The minimum atomic E-state index is -0.166. The SMILES string of the molecule is COc1ccc(C)cc1C(Cl)c1ccc(Br)s1. The van der Waals surface area contributed by atoms with Crippen LogP contribution in [0.1, 0.15) is 21.4 Å². The van der Waals surface area contributed by atoms with Gasteiger partial charge in [0.1, 0.15) is 5.75 Å². The number of hydrogen-bond donors (Lipinski definition) is 0. The molecular formula is C13H12BrClOS. The van der Waals surface area contributed by atoms with Crippen LogP contribution >= 0.6 is 38.9 Å². The van der Waals surface area contributed by atoms with Crippen molar-refractivity contribution in [3.05, 3.63) is 50.1 Å². The van der Waals surface area contributed by atoms with E-state index in [0.29, 0.717) is 0 Å². The van der Waals surface area contributed by atoms with E-state index in [1.54, 1.807) is 18.4 Å². The minimum absolute atomic E-state index is 0.166. The molecule has 0 aliphatic rings. The summed E-state index contributed by atoms with van der Waals surface area (Å²) in [5, 5.41) is -0.166. The predicted molar refractivity (Wildman–Crippen MR) is 77.4 cm³/mol. The molecule has 1 atom stereocenters. The van der Waals surface area contributed by atoms with Crippen LogP contribution in [-0.2, 0) is 0 Å². The van der Waals surface area contributed by atoms with Gasteiger partial charge in [-0.15, -0.1) is 22.9 Å². The normalized spacial score (nSPS) is 12.5. The monoisotopic (exact) mass is 330 g/mol. The summed E-state index contributed by atoms with van der Waals surface area (Å²) in [6, 6.07) is 10.1. The predicted octanol–water partition coefficient (Wildman–Crippen LogP) is 5.16. The zero-order valence-corrected chi connectivity index (χ0v) is 12.7. The van der Waals surface area contributed by atoms with E-state index in [-0.39, 0.29) is 5.38 Å². The molecule has 1 heterocycles. The lowest BCUT2D eigenvalue weighted by atomic mass is 10.1. The van der Waals surface area contributed by atoms with Crippen LogP contribution in [0.4, 0.5) is 0 Å². The van der Waals surface area contributed by atoms with Crippen molar-refractivity contribution < 1.29 is 4.74 Å². The minimum Gasteiger partial charge on any atom is -0.496 e. The summed E-state index contributed by atoms with van der Waals surface area (Å²) in [7, 11) is 1.67. The maximum atomic E-state index is 6.51. The first-order chi connectivity index (χ1) is 8.11. The molecule has 2 aromatic rings. The van der Waals surface area contributed by atoms with E-state index < -0.39 is 0 Å². The lowest BCUT2D eigenvalue weighted by Gasteiger charge is -2.13. The standard InChI is InChI=1S/C13H12BrClOS/c1-8-3-4-10(16-2)9(7-8)13(15)11-5-6-12(14)17-11/h3-7,13H,1-2H3. The third kappa shape index (κ3) is 2.84. The molecule has 90 valence electrons. The first kappa shape index (κ1) is 12.9. The van der Waals surface area contributed by atoms with Gasteiger partial charge in [-0.1, -0.05) is 17.7 Å². The molecule has 2 rings (SSSR count). The number of methoxy groups -OCH3 is 1. The second kappa shape index (κ2) is 5.42. The zero-order chi connectivity index (χ0) is 12.4. The summed E-state index contributed by atoms with van der Waals surface area (Å²) in [6.07, 6.45) is 0. The number of hydrogen-bond acceptors (Lipinski definition) is 2. The quantitative estimate of drug-likeness (QED) is 0.706. The van der Waals surface area contributed by atoms with Gasteiger partial charge < -0.3 is 4.74 Å². The van der Waals surface area contributed by atoms with Crippen LogP contribution in [0.25, 0.3) is 0 Å². The van der Waals surface area contributed by atoms with Gasteiger partial charge in [0, 0.05) is 10.4 Å². The highest BCUT2D eigenvalue weighted by Gasteiger charge is 2.17. The van der Waals surface area contributed by atoms with Crippen LogP contribution in [0.5, 0.6) is 5.75 Å². The smallest absolute Gasteiger partial charge is 0.123 e. The molecule has 17 heavy (non-hydrogen) atoms. The molecule has 0 fully saturated rings. The van der Waals surface area contributed by atoms with Crippen molar-refractivity contribution in [1.82, 2.24) is 0 Å². The second-order valence-electron chi connectivity index (χ2n) is 3.75. The Bertz CT molecular complexity index is 524. The van der Waals surface area contributed by atoms with E-state index >= 15 is 0 Å². The van der Waals surface area contributed by atoms with Gasteiger partial charge in [-0.2, -0.15) is 0 Å². The van der Waals surface area contributed by atoms with Gasteiger partial charge in [0.15, 0.2) is 0 Å². The van der Waals surface area contributed by atoms with E-state index in [4.69, 9.17) is 16.3 Å². The average Bonchev–Trinajstić information content (AvgIpc) is 2.75. The van der Waals surface area contributed by atoms with E-state index in [1.165, 1.54) is 5.56 Å². The molecular weight excluding hydrogens is 320 g/mol. The number of alkyl halides is 1. The fourth-order valence-electron chi connectivity index (χ4n) is 1.67. The number of aryl methyl sites for hydroxylation is 1. The molecule has 0 radical (unpaired) electrons. The topological polar surface area (TPSA) is 9.23 Å². The van der Waals surface area contributed by atoms with Gasteiger partial charge in [0.25, 0.3) is 0 Å². The highest BCUT2D eigenvalue weighted by atomic mass is 79.9. The van der Waals surface area contributed by atoms with Crippen molar-refractivity contribution in [1.29, 1.82) is 0 Å². The molecule has 0 saturated heterocycles. The summed E-state index contributed by atoms with van der Waals surface area (Å²) < 4.78 is 6.45. The Kier molecular flexibility index (Phi) is 4.13. The Morgan fingerprint density at radius 1 is 1.29 bits per heavy atom. The molecule has 0 N–H and O–H groups in total. The van der Waals surface area contributed by atoms with Crippen LogP contribution in [0.15, 0.2) is 34.1 Å².